The summed E-state index contributed by atoms with van der Waals surface area (Å²) < 4.78 is 10.2. The van der Waals surface area contributed by atoms with Crippen molar-refractivity contribution < 1.29 is 9.47 Å². The summed E-state index contributed by atoms with van der Waals surface area (Å²) in [7, 11) is 3.01. The minimum absolute atomic E-state index is 0.213. The molecular weight excluding hydrogens is 270 g/mol. The van der Waals surface area contributed by atoms with Crippen molar-refractivity contribution in [3.63, 3.8) is 0 Å². The van der Waals surface area contributed by atoms with Crippen LogP contribution in [0.5, 0.6) is 12.0 Å². The van der Waals surface area contributed by atoms with Crippen LogP contribution in [0.25, 0.3) is 0 Å². The van der Waals surface area contributed by atoms with E-state index >= 15 is 0 Å². The van der Waals surface area contributed by atoms with Crippen molar-refractivity contribution in [2.75, 3.05) is 32.2 Å². The molecule has 2 rings (SSSR count). The molecule has 7 heteroatoms. The molecule has 0 fully saturated rings. The smallest absolute Gasteiger partial charge is 0.324 e. The van der Waals surface area contributed by atoms with Crippen LogP contribution in [-0.4, -0.2) is 42.3 Å². The number of hydrogen-bond acceptors (Lipinski definition) is 7. The first kappa shape index (κ1) is 15.0. The predicted octanol–water partition coefficient (Wildman–Crippen LogP) is 1.38. The lowest BCUT2D eigenvalue weighted by Crippen LogP contribution is -2.23. The molecule has 0 aliphatic rings. The van der Waals surface area contributed by atoms with E-state index in [1.54, 1.807) is 0 Å². The van der Waals surface area contributed by atoms with Gasteiger partial charge in [-0.05, 0) is 25.1 Å². The molecule has 1 heterocycles. The van der Waals surface area contributed by atoms with Crippen molar-refractivity contribution >= 4 is 11.6 Å². The van der Waals surface area contributed by atoms with E-state index in [1.165, 1.54) is 14.2 Å². The molecule has 0 aliphatic heterocycles. The highest BCUT2D eigenvalue weighted by molar-refractivity contribution is 5.57. The molecule has 2 N–H and O–H groups in total. The van der Waals surface area contributed by atoms with Crippen LogP contribution in [0.15, 0.2) is 30.3 Å². The lowest BCUT2D eigenvalue weighted by molar-refractivity contribution is 0.340. The predicted molar refractivity (Wildman–Crippen MR) is 80.1 cm³/mol. The second-order valence-electron chi connectivity index (χ2n) is 4.24. The highest BCUT2D eigenvalue weighted by atomic mass is 16.5. The summed E-state index contributed by atoms with van der Waals surface area (Å²) in [4.78, 5) is 14.5. The number of benzene rings is 1. The van der Waals surface area contributed by atoms with Gasteiger partial charge in [0.15, 0.2) is 0 Å². The molecule has 0 unspecified atom stereocenters. The molecule has 7 nitrogen and oxygen atoms in total. The van der Waals surface area contributed by atoms with Crippen molar-refractivity contribution in [2.24, 2.45) is 5.73 Å². The number of ether oxygens (including phenoxy) is 2. The summed E-state index contributed by atoms with van der Waals surface area (Å²) >= 11 is 0. The zero-order valence-corrected chi connectivity index (χ0v) is 12.2. The zero-order valence-electron chi connectivity index (χ0n) is 12.2. The van der Waals surface area contributed by atoms with Gasteiger partial charge in [0.25, 0.3) is 0 Å². The van der Waals surface area contributed by atoms with Gasteiger partial charge in [-0.3, -0.25) is 0 Å². The van der Waals surface area contributed by atoms with E-state index in [0.717, 1.165) is 12.1 Å². The fourth-order valence-corrected chi connectivity index (χ4v) is 1.83. The fraction of sp³-hybridized carbons (Fsp3) is 0.357. The van der Waals surface area contributed by atoms with Gasteiger partial charge in [-0.25, -0.2) is 0 Å². The largest absolute Gasteiger partial charge is 0.467 e. The molecule has 0 aliphatic carbocycles. The topological polar surface area (TPSA) is 86.4 Å². The molecule has 0 radical (unpaired) electrons. The second kappa shape index (κ2) is 7.39. The number of nitrogens with two attached hydrogens (primary N) is 1. The van der Waals surface area contributed by atoms with Crippen molar-refractivity contribution in [2.45, 2.75) is 6.42 Å². The van der Waals surface area contributed by atoms with Crippen LogP contribution >= 0.6 is 0 Å². The second-order valence-corrected chi connectivity index (χ2v) is 4.24. The molecule has 21 heavy (non-hydrogen) atoms. The van der Waals surface area contributed by atoms with Gasteiger partial charge < -0.3 is 20.1 Å². The maximum absolute atomic E-state index is 5.62. The van der Waals surface area contributed by atoms with E-state index in [9.17, 15) is 0 Å². The van der Waals surface area contributed by atoms with Gasteiger partial charge in [0, 0.05) is 12.2 Å². The van der Waals surface area contributed by atoms with Gasteiger partial charge in [0.1, 0.15) is 0 Å². The maximum Gasteiger partial charge on any atom is 0.324 e. The summed E-state index contributed by atoms with van der Waals surface area (Å²) in [6.07, 6.45) is 0.811. The fourth-order valence-electron chi connectivity index (χ4n) is 1.83. The third-order valence-corrected chi connectivity index (χ3v) is 2.84. The quantitative estimate of drug-likeness (QED) is 0.823. The Morgan fingerprint density at radius 2 is 1.62 bits per heavy atom. The maximum atomic E-state index is 5.62. The van der Waals surface area contributed by atoms with Gasteiger partial charge in [-0.1, -0.05) is 18.2 Å². The molecule has 1 aromatic carbocycles. The third-order valence-electron chi connectivity index (χ3n) is 2.84. The Labute approximate surface area is 123 Å². The van der Waals surface area contributed by atoms with Crippen LogP contribution in [-0.2, 0) is 0 Å². The van der Waals surface area contributed by atoms with Gasteiger partial charge in [-0.15, -0.1) is 4.98 Å². The standard InChI is InChI=1S/C14H19N5O2/c1-20-13-16-12(17-14(18-13)21-2)19(10-6-9-15)11-7-4-3-5-8-11/h3-5,7-8H,6,9-10,15H2,1-2H3. The van der Waals surface area contributed by atoms with E-state index in [-0.39, 0.29) is 12.0 Å². The minimum Gasteiger partial charge on any atom is -0.467 e. The Kier molecular flexibility index (Phi) is 5.28. The van der Waals surface area contributed by atoms with Crippen LogP contribution in [0, 0.1) is 0 Å². The SMILES string of the molecule is COc1nc(OC)nc(N(CCCN)c2ccccc2)n1. The molecule has 0 amide bonds. The monoisotopic (exact) mass is 289 g/mol. The average molecular weight is 289 g/mol. The van der Waals surface area contributed by atoms with Crippen LogP contribution in [0.4, 0.5) is 11.6 Å². The van der Waals surface area contributed by atoms with Gasteiger partial charge in [-0.2, -0.15) is 9.97 Å². The van der Waals surface area contributed by atoms with E-state index in [0.29, 0.717) is 19.0 Å². The van der Waals surface area contributed by atoms with Crippen LogP contribution in [0.1, 0.15) is 6.42 Å². The molecule has 0 saturated carbocycles. The van der Waals surface area contributed by atoms with Gasteiger partial charge >= 0.3 is 12.0 Å². The molecule has 0 bridgehead atoms. The van der Waals surface area contributed by atoms with E-state index in [4.69, 9.17) is 15.2 Å². The zero-order chi connectivity index (χ0) is 15.1. The Hall–Kier alpha value is -2.41. The summed E-state index contributed by atoms with van der Waals surface area (Å²) in [5.41, 5.74) is 6.59. The number of anilines is 2. The average Bonchev–Trinajstić information content (AvgIpc) is 2.55. The molecular formula is C14H19N5O2. The van der Waals surface area contributed by atoms with Gasteiger partial charge in [0.05, 0.1) is 14.2 Å². The number of para-hydroxylation sites is 1. The molecule has 0 saturated heterocycles. The number of nitrogens with zero attached hydrogens (tertiary/aromatic N) is 4. The lowest BCUT2D eigenvalue weighted by atomic mass is 10.3. The van der Waals surface area contributed by atoms with Crippen molar-refractivity contribution in [3.05, 3.63) is 30.3 Å². The summed E-state index contributed by atoms with van der Waals surface area (Å²) in [6, 6.07) is 10.3. The lowest BCUT2D eigenvalue weighted by Gasteiger charge is -2.22. The van der Waals surface area contributed by atoms with Crippen molar-refractivity contribution in [1.82, 2.24) is 15.0 Å². The molecule has 0 spiro atoms. The van der Waals surface area contributed by atoms with Crippen LogP contribution in [0.3, 0.4) is 0 Å². The Balaban J connectivity index is 2.40. The summed E-state index contributed by atoms with van der Waals surface area (Å²) in [5.74, 6) is 0.471. The highest BCUT2D eigenvalue weighted by Crippen LogP contribution is 2.24. The number of aromatic nitrogens is 3. The Morgan fingerprint density at radius 1 is 1.00 bits per heavy atom. The van der Waals surface area contributed by atoms with Gasteiger partial charge in [0.2, 0.25) is 5.95 Å². The third kappa shape index (κ3) is 3.79. The van der Waals surface area contributed by atoms with Crippen LogP contribution < -0.4 is 20.1 Å². The summed E-state index contributed by atoms with van der Waals surface area (Å²) in [6.45, 7) is 1.28. The number of hydrogen-bond donors (Lipinski definition) is 1. The Morgan fingerprint density at radius 3 is 2.14 bits per heavy atom. The molecule has 1 aromatic heterocycles. The normalized spacial score (nSPS) is 10.2. The molecule has 2 aromatic rings. The van der Waals surface area contributed by atoms with Crippen molar-refractivity contribution in [1.29, 1.82) is 0 Å². The highest BCUT2D eigenvalue weighted by Gasteiger charge is 2.15. The van der Waals surface area contributed by atoms with E-state index in [1.807, 2.05) is 35.2 Å². The molecule has 0 atom stereocenters. The number of methoxy groups -OCH3 is 2. The summed E-state index contributed by atoms with van der Waals surface area (Å²) in [5, 5.41) is 0. The first-order valence-electron chi connectivity index (χ1n) is 6.65. The van der Waals surface area contributed by atoms with E-state index in [2.05, 4.69) is 15.0 Å². The first-order chi connectivity index (χ1) is 10.3. The first-order valence-corrected chi connectivity index (χ1v) is 6.65. The van der Waals surface area contributed by atoms with E-state index < -0.39 is 0 Å². The Bertz CT molecular complexity index is 542. The molecule has 112 valence electrons. The number of rotatable bonds is 7. The van der Waals surface area contributed by atoms with Crippen molar-refractivity contribution in [3.8, 4) is 12.0 Å². The van der Waals surface area contributed by atoms with Crippen LogP contribution in [0.2, 0.25) is 0 Å². The minimum atomic E-state index is 0.213.